The maximum atomic E-state index is 13.5. The molecule has 0 aliphatic carbocycles. The number of carbonyl (C=O) groups excluding carboxylic acids is 3. The first-order valence-corrected chi connectivity index (χ1v) is 12.6. The Balaban J connectivity index is 1.84. The number of esters is 1. The fraction of sp³-hybridized carbons (Fsp3) is 0.593. The Hall–Kier alpha value is -2.71. The number of allylic oxidation sites excluding steroid dienone is 2. The number of carbonyl (C=O) groups is 3. The zero-order valence-corrected chi connectivity index (χ0v) is 20.6. The van der Waals surface area contributed by atoms with E-state index in [4.69, 9.17) is 9.47 Å². The van der Waals surface area contributed by atoms with Crippen LogP contribution in [0.3, 0.4) is 0 Å². The van der Waals surface area contributed by atoms with Crippen LogP contribution in [-0.4, -0.2) is 66.7 Å². The number of nitrogens with zero attached hydrogens (tertiary/aromatic N) is 1. The summed E-state index contributed by atoms with van der Waals surface area (Å²) in [6.07, 6.45) is 8.03. The van der Waals surface area contributed by atoms with E-state index in [0.717, 1.165) is 31.2 Å². The van der Waals surface area contributed by atoms with Gasteiger partial charge in [0.05, 0.1) is 31.2 Å². The van der Waals surface area contributed by atoms with Gasteiger partial charge in [0.2, 0.25) is 11.8 Å². The minimum Gasteiger partial charge on any atom is -0.455 e. The van der Waals surface area contributed by atoms with Crippen molar-refractivity contribution in [1.82, 2.24) is 10.2 Å². The summed E-state index contributed by atoms with van der Waals surface area (Å²) in [4.78, 5) is 40.8. The van der Waals surface area contributed by atoms with Crippen molar-refractivity contribution in [3.63, 3.8) is 0 Å². The van der Waals surface area contributed by atoms with Crippen molar-refractivity contribution in [2.45, 2.75) is 69.6 Å². The molecule has 0 spiro atoms. The number of ether oxygens (including phenoxy) is 2. The Morgan fingerprint density at radius 3 is 2.71 bits per heavy atom. The van der Waals surface area contributed by atoms with Crippen LogP contribution >= 0.6 is 0 Å². The molecule has 2 aliphatic rings. The lowest BCUT2D eigenvalue weighted by Crippen LogP contribution is -2.47. The molecule has 1 aromatic rings. The molecule has 1 saturated heterocycles. The maximum absolute atomic E-state index is 13.5. The van der Waals surface area contributed by atoms with Gasteiger partial charge in [0.15, 0.2) is 0 Å². The highest BCUT2D eigenvalue weighted by Gasteiger charge is 2.34. The summed E-state index contributed by atoms with van der Waals surface area (Å²) in [5, 5.41) is 12.6. The summed E-state index contributed by atoms with van der Waals surface area (Å²) in [5.41, 5.74) is 0.769. The highest BCUT2D eigenvalue weighted by Crippen LogP contribution is 2.25. The van der Waals surface area contributed by atoms with Crippen molar-refractivity contribution in [2.24, 2.45) is 5.92 Å². The summed E-state index contributed by atoms with van der Waals surface area (Å²) in [7, 11) is 1.54. The lowest BCUT2D eigenvalue weighted by Gasteiger charge is -2.30. The standard InChI is InChI=1S/C27H38N2O6/c1-34-19-23-26(20-11-7-5-8-12-20)35-25(32)15-9-4-2-3-6-13-21(27(33)28-23)17-24(31)29-16-10-14-22(29)18-30/h3,5-8,11-12,21-23,26,30H,2,4,9-10,13-19H2,1H3,(H,28,33). The van der Waals surface area contributed by atoms with Crippen molar-refractivity contribution in [3.05, 3.63) is 48.0 Å². The molecule has 1 fully saturated rings. The molecule has 0 aromatic heterocycles. The highest BCUT2D eigenvalue weighted by molar-refractivity contribution is 5.86. The number of nitrogens with one attached hydrogen (secondary N) is 1. The lowest BCUT2D eigenvalue weighted by atomic mass is 9.96. The quantitative estimate of drug-likeness (QED) is 0.473. The van der Waals surface area contributed by atoms with Crippen LogP contribution in [0.25, 0.3) is 0 Å². The minimum atomic E-state index is -0.709. The fourth-order valence-electron chi connectivity index (χ4n) is 4.79. The predicted octanol–water partition coefficient (Wildman–Crippen LogP) is 2.91. The first-order chi connectivity index (χ1) is 17.0. The maximum Gasteiger partial charge on any atom is 0.306 e. The van der Waals surface area contributed by atoms with Crippen LogP contribution in [0.1, 0.15) is 63.0 Å². The van der Waals surface area contributed by atoms with E-state index >= 15 is 0 Å². The number of hydrogen-bond acceptors (Lipinski definition) is 6. The van der Waals surface area contributed by atoms with E-state index in [0.29, 0.717) is 25.8 Å². The molecule has 0 radical (unpaired) electrons. The van der Waals surface area contributed by atoms with Crippen molar-refractivity contribution in [3.8, 4) is 0 Å². The molecule has 2 N–H and O–H groups in total. The molecule has 8 nitrogen and oxygen atoms in total. The second kappa shape index (κ2) is 14.0. The Morgan fingerprint density at radius 1 is 1.17 bits per heavy atom. The van der Waals surface area contributed by atoms with Crippen LogP contribution < -0.4 is 5.32 Å². The van der Waals surface area contributed by atoms with Gasteiger partial charge in [0.25, 0.3) is 0 Å². The average Bonchev–Trinajstić information content (AvgIpc) is 3.35. The Kier molecular flexibility index (Phi) is 10.8. The minimum absolute atomic E-state index is 0.0577. The third-order valence-electron chi connectivity index (χ3n) is 6.71. The Labute approximate surface area is 207 Å². The third-order valence-corrected chi connectivity index (χ3v) is 6.71. The van der Waals surface area contributed by atoms with Gasteiger partial charge in [-0.3, -0.25) is 14.4 Å². The number of aliphatic hydroxyl groups is 1. The zero-order chi connectivity index (χ0) is 25.0. The number of hydrogen-bond donors (Lipinski definition) is 2. The van der Waals surface area contributed by atoms with Crippen molar-refractivity contribution < 1.29 is 29.0 Å². The second-order valence-corrected chi connectivity index (χ2v) is 9.31. The number of amides is 2. The molecule has 8 heteroatoms. The molecule has 4 atom stereocenters. The molecule has 2 amide bonds. The van der Waals surface area contributed by atoms with Crippen LogP contribution in [0.2, 0.25) is 0 Å². The third kappa shape index (κ3) is 7.90. The highest BCUT2D eigenvalue weighted by atomic mass is 16.5. The smallest absolute Gasteiger partial charge is 0.306 e. The van der Waals surface area contributed by atoms with E-state index in [1.165, 1.54) is 7.11 Å². The van der Waals surface area contributed by atoms with Gasteiger partial charge in [-0.25, -0.2) is 0 Å². The summed E-state index contributed by atoms with van der Waals surface area (Å²) in [6.45, 7) is 0.683. The van der Waals surface area contributed by atoms with Crippen LogP contribution in [-0.2, 0) is 23.9 Å². The molecule has 2 heterocycles. The number of likely N-dealkylation sites (tertiary alicyclic amines) is 1. The van der Waals surface area contributed by atoms with Gasteiger partial charge in [-0.2, -0.15) is 0 Å². The molecule has 2 aliphatic heterocycles. The Morgan fingerprint density at radius 2 is 1.97 bits per heavy atom. The molecule has 0 saturated carbocycles. The van der Waals surface area contributed by atoms with Gasteiger partial charge in [-0.05, 0) is 44.1 Å². The number of rotatable bonds is 6. The summed E-state index contributed by atoms with van der Waals surface area (Å²) in [6, 6.07) is 8.54. The van der Waals surface area contributed by atoms with Crippen molar-refractivity contribution in [2.75, 3.05) is 26.9 Å². The Bertz CT molecular complexity index is 858. The monoisotopic (exact) mass is 486 g/mol. The first-order valence-electron chi connectivity index (χ1n) is 12.6. The van der Waals surface area contributed by atoms with E-state index in [1.807, 2.05) is 42.5 Å². The molecule has 192 valence electrons. The number of cyclic esters (lactones) is 1. The summed E-state index contributed by atoms with van der Waals surface area (Å²) < 4.78 is 11.3. The summed E-state index contributed by atoms with van der Waals surface area (Å²) in [5.74, 6) is -1.29. The number of benzene rings is 1. The van der Waals surface area contributed by atoms with Crippen molar-refractivity contribution >= 4 is 17.8 Å². The summed E-state index contributed by atoms with van der Waals surface area (Å²) >= 11 is 0. The number of methoxy groups -OCH3 is 1. The van der Waals surface area contributed by atoms with Gasteiger partial charge >= 0.3 is 5.97 Å². The van der Waals surface area contributed by atoms with Gasteiger partial charge in [0.1, 0.15) is 6.10 Å². The van der Waals surface area contributed by atoms with E-state index in [-0.39, 0.29) is 43.5 Å². The lowest BCUT2D eigenvalue weighted by molar-refractivity contribution is -0.153. The van der Waals surface area contributed by atoms with E-state index in [9.17, 15) is 19.5 Å². The van der Waals surface area contributed by atoms with E-state index in [2.05, 4.69) is 5.32 Å². The molecular weight excluding hydrogens is 448 g/mol. The van der Waals surface area contributed by atoms with Crippen LogP contribution in [0, 0.1) is 5.92 Å². The predicted molar refractivity (Wildman–Crippen MR) is 131 cm³/mol. The van der Waals surface area contributed by atoms with Gasteiger partial charge in [-0.1, -0.05) is 42.5 Å². The number of aliphatic hydroxyl groups excluding tert-OH is 1. The molecule has 0 bridgehead atoms. The first kappa shape index (κ1) is 26.9. The molecule has 35 heavy (non-hydrogen) atoms. The molecular formula is C27H38N2O6. The normalized spacial score (nSPS) is 26.6. The average molecular weight is 487 g/mol. The van der Waals surface area contributed by atoms with E-state index < -0.39 is 18.1 Å². The fourth-order valence-corrected chi connectivity index (χ4v) is 4.79. The van der Waals surface area contributed by atoms with E-state index in [1.54, 1.807) is 4.90 Å². The topological polar surface area (TPSA) is 105 Å². The second-order valence-electron chi connectivity index (χ2n) is 9.31. The SMILES string of the molecule is COCC1NC(=O)C(CC(=O)N2CCCC2CO)CC=CCCCCC(=O)OC1c1ccccc1. The van der Waals surface area contributed by atoms with Gasteiger partial charge < -0.3 is 24.8 Å². The molecule has 4 unspecified atom stereocenters. The van der Waals surface area contributed by atoms with Gasteiger partial charge in [-0.15, -0.1) is 0 Å². The largest absolute Gasteiger partial charge is 0.455 e. The van der Waals surface area contributed by atoms with Gasteiger partial charge in [0, 0.05) is 26.5 Å². The van der Waals surface area contributed by atoms with Crippen LogP contribution in [0.4, 0.5) is 0 Å². The molecule has 1 aromatic carbocycles. The van der Waals surface area contributed by atoms with Crippen LogP contribution in [0.5, 0.6) is 0 Å². The zero-order valence-electron chi connectivity index (χ0n) is 20.6. The molecule has 3 rings (SSSR count). The van der Waals surface area contributed by atoms with Crippen LogP contribution in [0.15, 0.2) is 42.5 Å². The van der Waals surface area contributed by atoms with Crippen molar-refractivity contribution in [1.29, 1.82) is 0 Å².